The molecule has 0 saturated carbocycles. The number of rotatable bonds is 11. The van der Waals surface area contributed by atoms with Crippen molar-refractivity contribution in [3.63, 3.8) is 0 Å². The zero-order chi connectivity index (χ0) is 16.2. The molecule has 5 nitrogen and oxygen atoms in total. The number of nitro benzene ring substituents is 1. The average molecular weight is 306 g/mol. The van der Waals surface area contributed by atoms with E-state index in [0.717, 1.165) is 12.8 Å². The molecule has 22 heavy (non-hydrogen) atoms. The van der Waals surface area contributed by atoms with Gasteiger partial charge >= 0.3 is 0 Å². The highest BCUT2D eigenvalue weighted by Gasteiger charge is 2.18. The van der Waals surface area contributed by atoms with E-state index < -0.39 is 4.92 Å². The fourth-order valence-corrected chi connectivity index (χ4v) is 2.38. The zero-order valence-electron chi connectivity index (χ0n) is 13.3. The molecule has 0 heterocycles. The predicted octanol–water partition coefficient (Wildman–Crippen LogP) is 4.47. The minimum absolute atomic E-state index is 0.132. The van der Waals surface area contributed by atoms with Crippen LogP contribution in [0.3, 0.4) is 0 Å². The van der Waals surface area contributed by atoms with Crippen molar-refractivity contribution in [2.75, 3.05) is 6.54 Å². The van der Waals surface area contributed by atoms with Crippen molar-refractivity contribution in [2.24, 2.45) is 0 Å². The van der Waals surface area contributed by atoms with E-state index in [0.29, 0.717) is 6.54 Å². The molecule has 0 fully saturated rings. The van der Waals surface area contributed by atoms with Gasteiger partial charge in [0.25, 0.3) is 11.6 Å². The molecule has 0 unspecified atom stereocenters. The molecule has 1 amide bonds. The van der Waals surface area contributed by atoms with Crippen molar-refractivity contribution >= 4 is 11.6 Å². The maximum atomic E-state index is 12.0. The first-order chi connectivity index (χ1) is 10.7. The fraction of sp³-hybridized carbons (Fsp3) is 0.588. The van der Waals surface area contributed by atoms with Crippen molar-refractivity contribution in [2.45, 2.75) is 58.3 Å². The van der Waals surface area contributed by atoms with Crippen molar-refractivity contribution < 1.29 is 9.72 Å². The summed E-state index contributed by atoms with van der Waals surface area (Å²) in [6.07, 6.45) is 9.61. The van der Waals surface area contributed by atoms with E-state index in [9.17, 15) is 14.9 Å². The van der Waals surface area contributed by atoms with Gasteiger partial charge < -0.3 is 5.32 Å². The van der Waals surface area contributed by atoms with Crippen LogP contribution in [0.5, 0.6) is 0 Å². The Morgan fingerprint density at radius 3 is 2.27 bits per heavy atom. The molecule has 0 aliphatic heterocycles. The quantitative estimate of drug-likeness (QED) is 0.372. The molecule has 0 spiro atoms. The lowest BCUT2D eigenvalue weighted by atomic mass is 10.1. The molecule has 0 radical (unpaired) electrons. The molecule has 0 saturated heterocycles. The summed E-state index contributed by atoms with van der Waals surface area (Å²) in [6.45, 7) is 2.78. The van der Waals surface area contributed by atoms with Crippen LogP contribution in [-0.2, 0) is 0 Å². The monoisotopic (exact) mass is 306 g/mol. The molecule has 1 aromatic rings. The molecular weight excluding hydrogens is 280 g/mol. The summed E-state index contributed by atoms with van der Waals surface area (Å²) >= 11 is 0. The number of nitrogens with zero attached hydrogens (tertiary/aromatic N) is 1. The van der Waals surface area contributed by atoms with Crippen molar-refractivity contribution in [3.05, 3.63) is 39.9 Å². The molecular formula is C17H26N2O3. The Morgan fingerprint density at radius 1 is 1.05 bits per heavy atom. The highest BCUT2D eigenvalue weighted by molar-refractivity contribution is 5.98. The maximum absolute atomic E-state index is 12.0. The largest absolute Gasteiger partial charge is 0.352 e. The second-order valence-corrected chi connectivity index (χ2v) is 5.51. The first-order valence-electron chi connectivity index (χ1n) is 8.18. The number of carbonyl (C=O) groups excluding carboxylic acids is 1. The van der Waals surface area contributed by atoms with E-state index >= 15 is 0 Å². The third-order valence-corrected chi connectivity index (χ3v) is 3.66. The van der Waals surface area contributed by atoms with Crippen molar-refractivity contribution in [3.8, 4) is 0 Å². The molecule has 0 aliphatic carbocycles. The van der Waals surface area contributed by atoms with Gasteiger partial charge in [0.15, 0.2) is 0 Å². The molecule has 0 aromatic heterocycles. The smallest absolute Gasteiger partial charge is 0.282 e. The van der Waals surface area contributed by atoms with Crippen LogP contribution in [0, 0.1) is 10.1 Å². The number of benzene rings is 1. The Labute approximate surface area is 132 Å². The van der Waals surface area contributed by atoms with Gasteiger partial charge in [0, 0.05) is 12.6 Å². The van der Waals surface area contributed by atoms with E-state index in [1.165, 1.54) is 50.7 Å². The van der Waals surface area contributed by atoms with Crippen LogP contribution in [0.15, 0.2) is 24.3 Å². The van der Waals surface area contributed by atoms with Crippen molar-refractivity contribution in [1.82, 2.24) is 5.32 Å². The van der Waals surface area contributed by atoms with E-state index in [-0.39, 0.29) is 17.2 Å². The number of hydrogen-bond acceptors (Lipinski definition) is 3. The number of para-hydroxylation sites is 1. The SMILES string of the molecule is CCCCCCCCCCNC(=O)c1ccccc1[N+](=O)[O-]. The number of hydrogen-bond donors (Lipinski definition) is 1. The minimum atomic E-state index is -0.523. The van der Waals surface area contributed by atoms with Gasteiger partial charge in [-0.25, -0.2) is 0 Å². The Kier molecular flexibility index (Phi) is 8.88. The predicted molar refractivity (Wildman–Crippen MR) is 88.0 cm³/mol. The molecule has 1 N–H and O–H groups in total. The molecule has 1 rings (SSSR count). The number of carbonyl (C=O) groups is 1. The Bertz CT molecular complexity index is 475. The lowest BCUT2D eigenvalue weighted by Gasteiger charge is -2.06. The highest BCUT2D eigenvalue weighted by atomic mass is 16.6. The Hall–Kier alpha value is -1.91. The zero-order valence-corrected chi connectivity index (χ0v) is 13.3. The summed E-state index contributed by atoms with van der Waals surface area (Å²) < 4.78 is 0. The van der Waals surface area contributed by atoms with Gasteiger partial charge in [-0.3, -0.25) is 14.9 Å². The first-order valence-corrected chi connectivity index (χ1v) is 8.18. The first kappa shape index (κ1) is 18.1. The number of nitro groups is 1. The van der Waals surface area contributed by atoms with E-state index in [1.54, 1.807) is 12.1 Å². The number of amides is 1. The maximum Gasteiger partial charge on any atom is 0.282 e. The molecule has 0 atom stereocenters. The standard InChI is InChI=1S/C17H26N2O3/c1-2-3-4-5-6-7-8-11-14-18-17(20)15-12-9-10-13-16(15)19(21)22/h9-10,12-13H,2-8,11,14H2,1H3,(H,18,20). The van der Waals surface area contributed by atoms with Crippen LogP contribution in [-0.4, -0.2) is 17.4 Å². The Balaban J connectivity index is 2.20. The van der Waals surface area contributed by atoms with Gasteiger partial charge in [0.1, 0.15) is 5.56 Å². The summed E-state index contributed by atoms with van der Waals surface area (Å²) in [6, 6.07) is 6.04. The van der Waals surface area contributed by atoms with Gasteiger partial charge in [-0.1, -0.05) is 64.0 Å². The van der Waals surface area contributed by atoms with E-state index in [2.05, 4.69) is 12.2 Å². The average Bonchev–Trinajstić information content (AvgIpc) is 2.53. The van der Waals surface area contributed by atoms with Gasteiger partial charge in [0.2, 0.25) is 0 Å². The highest BCUT2D eigenvalue weighted by Crippen LogP contribution is 2.17. The number of nitrogens with one attached hydrogen (secondary N) is 1. The van der Waals surface area contributed by atoms with Crippen LogP contribution in [0.1, 0.15) is 68.6 Å². The fourth-order valence-electron chi connectivity index (χ4n) is 2.38. The second kappa shape index (κ2) is 10.8. The topological polar surface area (TPSA) is 72.2 Å². The van der Waals surface area contributed by atoms with Gasteiger partial charge in [-0.2, -0.15) is 0 Å². The molecule has 0 bridgehead atoms. The summed E-state index contributed by atoms with van der Waals surface area (Å²) in [5, 5.41) is 13.6. The normalized spacial score (nSPS) is 10.4. The van der Waals surface area contributed by atoms with Crippen LogP contribution >= 0.6 is 0 Å². The van der Waals surface area contributed by atoms with Crippen LogP contribution in [0.25, 0.3) is 0 Å². The molecule has 0 aliphatic rings. The lowest BCUT2D eigenvalue weighted by molar-refractivity contribution is -0.385. The third-order valence-electron chi connectivity index (χ3n) is 3.66. The third kappa shape index (κ3) is 6.70. The Morgan fingerprint density at radius 2 is 1.64 bits per heavy atom. The lowest BCUT2D eigenvalue weighted by Crippen LogP contribution is -2.25. The molecule has 1 aromatic carbocycles. The van der Waals surface area contributed by atoms with Gasteiger partial charge in [-0.15, -0.1) is 0 Å². The minimum Gasteiger partial charge on any atom is -0.352 e. The molecule has 5 heteroatoms. The number of unbranched alkanes of at least 4 members (excludes halogenated alkanes) is 7. The summed E-state index contributed by atoms with van der Waals surface area (Å²) in [5.41, 5.74) is -0.0111. The summed E-state index contributed by atoms with van der Waals surface area (Å²) in [7, 11) is 0. The summed E-state index contributed by atoms with van der Waals surface area (Å²) in [5.74, 6) is -0.366. The van der Waals surface area contributed by atoms with Crippen molar-refractivity contribution in [1.29, 1.82) is 0 Å². The molecule has 122 valence electrons. The van der Waals surface area contributed by atoms with Crippen LogP contribution < -0.4 is 5.32 Å². The second-order valence-electron chi connectivity index (χ2n) is 5.51. The van der Waals surface area contributed by atoms with Gasteiger partial charge in [-0.05, 0) is 12.5 Å². The van der Waals surface area contributed by atoms with E-state index in [4.69, 9.17) is 0 Å². The van der Waals surface area contributed by atoms with E-state index in [1.807, 2.05) is 0 Å². The van der Waals surface area contributed by atoms with Crippen LogP contribution in [0.4, 0.5) is 5.69 Å². The van der Waals surface area contributed by atoms with Crippen LogP contribution in [0.2, 0.25) is 0 Å². The van der Waals surface area contributed by atoms with Gasteiger partial charge in [0.05, 0.1) is 4.92 Å². The summed E-state index contributed by atoms with van der Waals surface area (Å²) in [4.78, 5) is 22.3.